The summed E-state index contributed by atoms with van der Waals surface area (Å²) in [6, 6.07) is 18.1. The van der Waals surface area contributed by atoms with Gasteiger partial charge in [0.05, 0.1) is 6.04 Å². The predicted molar refractivity (Wildman–Crippen MR) is 115 cm³/mol. The van der Waals surface area contributed by atoms with Crippen LogP contribution in [0.4, 0.5) is 9.59 Å². The van der Waals surface area contributed by atoms with Gasteiger partial charge in [0, 0.05) is 0 Å². The molecule has 0 bridgehead atoms. The molecule has 2 aromatic carbocycles. The van der Waals surface area contributed by atoms with Crippen LogP contribution < -0.4 is 5.32 Å². The molecule has 31 heavy (non-hydrogen) atoms. The Labute approximate surface area is 181 Å². The van der Waals surface area contributed by atoms with Crippen LogP contribution in [0.5, 0.6) is 0 Å². The van der Waals surface area contributed by atoms with Gasteiger partial charge < -0.3 is 9.47 Å². The maximum Gasteiger partial charge on any atom is 0.417 e. The summed E-state index contributed by atoms with van der Waals surface area (Å²) in [4.78, 5) is 38.9. The van der Waals surface area contributed by atoms with Crippen LogP contribution in [0, 0.1) is 0 Å². The van der Waals surface area contributed by atoms with E-state index >= 15 is 0 Å². The van der Waals surface area contributed by atoms with Gasteiger partial charge in [0.25, 0.3) is 5.91 Å². The third kappa shape index (κ3) is 6.18. The van der Waals surface area contributed by atoms with Crippen LogP contribution in [-0.2, 0) is 27.3 Å². The largest absolute Gasteiger partial charge is 0.444 e. The van der Waals surface area contributed by atoms with Gasteiger partial charge in [-0.15, -0.1) is 0 Å². The fourth-order valence-corrected chi connectivity index (χ4v) is 3.12. The van der Waals surface area contributed by atoms with E-state index in [9.17, 15) is 14.4 Å². The van der Waals surface area contributed by atoms with Crippen LogP contribution in [0.15, 0.2) is 72.4 Å². The van der Waals surface area contributed by atoms with Crippen molar-refractivity contribution in [3.63, 3.8) is 0 Å². The number of benzene rings is 2. The van der Waals surface area contributed by atoms with Gasteiger partial charge in [0.15, 0.2) is 0 Å². The standard InChI is InChI=1S/C24H26N2O5/c1-24(2,3)31-23(29)26-19(14-17-10-6-4-7-11-17)15-20(21(26)27)25-22(28)30-16-18-12-8-5-9-13-18/h4-13,15,19H,14,16H2,1-3H3,(H,25,28)/t19-/m0/s1. The van der Waals surface area contributed by atoms with E-state index < -0.39 is 29.7 Å². The van der Waals surface area contributed by atoms with Crippen LogP contribution in [0.1, 0.15) is 31.9 Å². The minimum atomic E-state index is -0.770. The molecule has 1 aliphatic rings. The van der Waals surface area contributed by atoms with Crippen LogP contribution in [-0.4, -0.2) is 34.6 Å². The highest BCUT2D eigenvalue weighted by Crippen LogP contribution is 2.23. The van der Waals surface area contributed by atoms with Gasteiger partial charge in [0.1, 0.15) is 17.9 Å². The van der Waals surface area contributed by atoms with Crippen molar-refractivity contribution in [2.75, 3.05) is 0 Å². The highest BCUT2D eigenvalue weighted by atomic mass is 16.6. The Morgan fingerprint density at radius 3 is 2.13 bits per heavy atom. The van der Waals surface area contributed by atoms with Crippen molar-refractivity contribution < 1.29 is 23.9 Å². The average Bonchev–Trinajstić information content (AvgIpc) is 3.01. The number of carbonyl (C=O) groups excluding carboxylic acids is 3. The molecule has 0 saturated carbocycles. The number of nitrogens with one attached hydrogen (secondary N) is 1. The number of hydrogen-bond donors (Lipinski definition) is 1. The number of amides is 3. The van der Waals surface area contributed by atoms with Crippen molar-refractivity contribution in [2.24, 2.45) is 0 Å². The van der Waals surface area contributed by atoms with Crippen molar-refractivity contribution in [2.45, 2.75) is 45.4 Å². The zero-order chi connectivity index (χ0) is 22.4. The molecule has 0 aliphatic carbocycles. The second-order valence-corrected chi connectivity index (χ2v) is 8.18. The van der Waals surface area contributed by atoms with Crippen molar-refractivity contribution in [1.29, 1.82) is 0 Å². The second-order valence-electron chi connectivity index (χ2n) is 8.18. The zero-order valence-corrected chi connectivity index (χ0v) is 17.8. The number of ether oxygens (including phenoxy) is 2. The highest BCUT2D eigenvalue weighted by molar-refractivity contribution is 6.06. The molecule has 0 fully saturated rings. The maximum absolute atomic E-state index is 12.9. The third-order valence-electron chi connectivity index (χ3n) is 4.47. The van der Waals surface area contributed by atoms with Gasteiger partial charge in [-0.05, 0) is 44.4 Å². The number of carbonyl (C=O) groups is 3. The predicted octanol–water partition coefficient (Wildman–Crippen LogP) is 4.19. The number of nitrogens with zero attached hydrogens (tertiary/aromatic N) is 1. The summed E-state index contributed by atoms with van der Waals surface area (Å²) in [6.07, 6.45) is 0.427. The molecule has 0 radical (unpaired) electrons. The molecule has 0 aromatic heterocycles. The Balaban J connectivity index is 1.72. The van der Waals surface area contributed by atoms with Crippen molar-refractivity contribution in [3.8, 4) is 0 Å². The first-order valence-electron chi connectivity index (χ1n) is 10.0. The first-order valence-corrected chi connectivity index (χ1v) is 10.0. The smallest absolute Gasteiger partial charge is 0.417 e. The van der Waals surface area contributed by atoms with Crippen LogP contribution in [0.2, 0.25) is 0 Å². The number of imide groups is 1. The van der Waals surface area contributed by atoms with E-state index in [-0.39, 0.29) is 12.3 Å². The van der Waals surface area contributed by atoms with Gasteiger partial charge in [-0.3, -0.25) is 10.1 Å². The highest BCUT2D eigenvalue weighted by Gasteiger charge is 2.40. The lowest BCUT2D eigenvalue weighted by molar-refractivity contribution is -0.126. The summed E-state index contributed by atoms with van der Waals surface area (Å²) in [5.74, 6) is -0.633. The Morgan fingerprint density at radius 2 is 1.55 bits per heavy atom. The molecule has 7 nitrogen and oxygen atoms in total. The molecule has 2 aromatic rings. The van der Waals surface area contributed by atoms with Crippen molar-refractivity contribution in [3.05, 3.63) is 83.6 Å². The summed E-state index contributed by atoms with van der Waals surface area (Å²) >= 11 is 0. The Kier molecular flexibility index (Phi) is 6.74. The summed E-state index contributed by atoms with van der Waals surface area (Å²) in [5.41, 5.74) is 0.990. The number of alkyl carbamates (subject to hydrolysis) is 1. The normalized spacial score (nSPS) is 16.0. The minimum absolute atomic E-state index is 0.00940. The summed E-state index contributed by atoms with van der Waals surface area (Å²) in [5, 5.41) is 2.46. The molecule has 0 spiro atoms. The van der Waals surface area contributed by atoms with Crippen LogP contribution in [0.3, 0.4) is 0 Å². The summed E-state index contributed by atoms with van der Waals surface area (Å²) in [6.45, 7) is 5.25. The quantitative estimate of drug-likeness (QED) is 0.781. The molecule has 162 valence electrons. The fraction of sp³-hybridized carbons (Fsp3) is 0.292. The molecule has 1 aliphatic heterocycles. The van der Waals surface area contributed by atoms with Crippen molar-refractivity contribution in [1.82, 2.24) is 10.2 Å². The lowest BCUT2D eigenvalue weighted by atomic mass is 10.1. The van der Waals surface area contributed by atoms with E-state index in [1.165, 1.54) is 0 Å². The monoisotopic (exact) mass is 422 g/mol. The molecule has 0 unspecified atom stereocenters. The Morgan fingerprint density at radius 1 is 0.968 bits per heavy atom. The molecule has 0 saturated heterocycles. The second kappa shape index (κ2) is 9.47. The molecule has 3 rings (SSSR count). The zero-order valence-electron chi connectivity index (χ0n) is 17.8. The SMILES string of the molecule is CC(C)(C)OC(=O)N1C(=O)C(NC(=O)OCc2ccccc2)=C[C@@H]1Cc1ccccc1. The molecule has 1 atom stereocenters. The number of hydrogen-bond acceptors (Lipinski definition) is 5. The lowest BCUT2D eigenvalue weighted by Crippen LogP contribution is -2.45. The molecule has 1 heterocycles. The minimum Gasteiger partial charge on any atom is -0.444 e. The van der Waals surface area contributed by atoms with Gasteiger partial charge >= 0.3 is 12.2 Å². The van der Waals surface area contributed by atoms with Crippen LogP contribution in [0.25, 0.3) is 0 Å². The Hall–Kier alpha value is -3.61. The van der Waals surface area contributed by atoms with Gasteiger partial charge in [-0.2, -0.15) is 0 Å². The van der Waals surface area contributed by atoms with Gasteiger partial charge in [0.2, 0.25) is 0 Å². The van der Waals surface area contributed by atoms with E-state index in [1.807, 2.05) is 60.7 Å². The topological polar surface area (TPSA) is 84.9 Å². The molecule has 3 amide bonds. The van der Waals surface area contributed by atoms with E-state index in [1.54, 1.807) is 26.8 Å². The van der Waals surface area contributed by atoms with Crippen LogP contribution >= 0.6 is 0 Å². The average molecular weight is 422 g/mol. The molecular formula is C24H26N2O5. The summed E-state index contributed by atoms with van der Waals surface area (Å²) in [7, 11) is 0. The molecule has 7 heteroatoms. The van der Waals surface area contributed by atoms with E-state index in [0.29, 0.717) is 6.42 Å². The first kappa shape index (κ1) is 22.1. The number of rotatable bonds is 5. The molecular weight excluding hydrogens is 396 g/mol. The van der Waals surface area contributed by atoms with E-state index in [2.05, 4.69) is 5.32 Å². The van der Waals surface area contributed by atoms with E-state index in [0.717, 1.165) is 16.0 Å². The Bertz CT molecular complexity index is 964. The molecule has 1 N–H and O–H groups in total. The fourth-order valence-electron chi connectivity index (χ4n) is 3.12. The summed E-state index contributed by atoms with van der Waals surface area (Å²) < 4.78 is 10.6. The lowest BCUT2D eigenvalue weighted by Gasteiger charge is -2.27. The van der Waals surface area contributed by atoms with Crippen molar-refractivity contribution >= 4 is 18.1 Å². The van der Waals surface area contributed by atoms with Gasteiger partial charge in [-0.1, -0.05) is 60.7 Å². The first-order chi connectivity index (χ1) is 14.7. The third-order valence-corrected chi connectivity index (χ3v) is 4.47. The maximum atomic E-state index is 12.9. The van der Waals surface area contributed by atoms with E-state index in [4.69, 9.17) is 9.47 Å². The van der Waals surface area contributed by atoms with Gasteiger partial charge in [-0.25, -0.2) is 14.5 Å².